The molecular formula is C18H23FN2. The minimum atomic E-state index is -0.181. The second-order valence-corrected chi connectivity index (χ2v) is 5.51. The van der Waals surface area contributed by atoms with Crippen molar-refractivity contribution in [1.29, 1.82) is 0 Å². The Balaban J connectivity index is 2.05. The van der Waals surface area contributed by atoms with Crippen LogP contribution in [0.5, 0.6) is 0 Å². The highest BCUT2D eigenvalue weighted by Gasteiger charge is 2.08. The van der Waals surface area contributed by atoms with Crippen molar-refractivity contribution in [2.75, 3.05) is 25.5 Å². The zero-order chi connectivity index (χ0) is 15.2. The van der Waals surface area contributed by atoms with Crippen molar-refractivity contribution in [2.24, 2.45) is 0 Å². The van der Waals surface area contributed by atoms with Crippen molar-refractivity contribution >= 4 is 5.69 Å². The Morgan fingerprint density at radius 2 is 1.76 bits per heavy atom. The Morgan fingerprint density at radius 3 is 2.38 bits per heavy atom. The largest absolute Gasteiger partial charge is 0.368 e. The van der Waals surface area contributed by atoms with E-state index in [9.17, 15) is 4.39 Å². The number of benzene rings is 2. The van der Waals surface area contributed by atoms with Crippen LogP contribution >= 0.6 is 0 Å². The zero-order valence-electron chi connectivity index (χ0n) is 12.9. The average Bonchev–Trinajstić information content (AvgIpc) is 2.48. The lowest BCUT2D eigenvalue weighted by Crippen LogP contribution is -2.18. The van der Waals surface area contributed by atoms with Gasteiger partial charge in [-0.2, -0.15) is 0 Å². The van der Waals surface area contributed by atoms with E-state index >= 15 is 0 Å². The Hall–Kier alpha value is -1.87. The van der Waals surface area contributed by atoms with Gasteiger partial charge >= 0.3 is 0 Å². The van der Waals surface area contributed by atoms with E-state index in [1.54, 1.807) is 12.1 Å². The first kappa shape index (κ1) is 15.5. The highest BCUT2D eigenvalue weighted by atomic mass is 19.1. The van der Waals surface area contributed by atoms with Gasteiger partial charge in [-0.15, -0.1) is 0 Å². The molecule has 1 unspecified atom stereocenters. The van der Waals surface area contributed by atoms with E-state index in [0.29, 0.717) is 18.2 Å². The predicted molar refractivity (Wildman–Crippen MR) is 87.3 cm³/mol. The third-order valence-corrected chi connectivity index (χ3v) is 3.74. The van der Waals surface area contributed by atoms with Crippen molar-refractivity contribution in [3.05, 3.63) is 65.5 Å². The van der Waals surface area contributed by atoms with Gasteiger partial charge in [0, 0.05) is 20.1 Å². The molecule has 0 fully saturated rings. The van der Waals surface area contributed by atoms with E-state index in [4.69, 9.17) is 0 Å². The molecule has 0 aromatic heterocycles. The quantitative estimate of drug-likeness (QED) is 0.869. The molecule has 0 saturated heterocycles. The van der Waals surface area contributed by atoms with Gasteiger partial charge in [0.1, 0.15) is 5.82 Å². The second-order valence-electron chi connectivity index (χ2n) is 5.51. The number of anilines is 1. The van der Waals surface area contributed by atoms with Crippen molar-refractivity contribution in [2.45, 2.75) is 19.4 Å². The Bertz CT molecular complexity index is 566. The molecule has 0 heterocycles. The molecule has 0 aliphatic rings. The minimum Gasteiger partial charge on any atom is -0.368 e. The molecule has 21 heavy (non-hydrogen) atoms. The molecule has 2 nitrogen and oxygen atoms in total. The topological polar surface area (TPSA) is 15.3 Å². The van der Waals surface area contributed by atoms with Gasteiger partial charge in [0.2, 0.25) is 0 Å². The van der Waals surface area contributed by atoms with E-state index in [-0.39, 0.29) is 5.82 Å². The molecule has 0 amide bonds. The summed E-state index contributed by atoms with van der Waals surface area (Å²) >= 11 is 0. The lowest BCUT2D eigenvalue weighted by atomic mass is 10.00. The van der Waals surface area contributed by atoms with Crippen LogP contribution in [0.1, 0.15) is 24.0 Å². The summed E-state index contributed by atoms with van der Waals surface area (Å²) in [4.78, 5) is 1.93. The second kappa shape index (κ2) is 7.23. The minimum absolute atomic E-state index is 0.181. The normalized spacial score (nSPS) is 12.2. The number of hydrogen-bond acceptors (Lipinski definition) is 2. The Labute approximate surface area is 126 Å². The summed E-state index contributed by atoms with van der Waals surface area (Å²) in [5.41, 5.74) is 3.13. The molecule has 0 aliphatic carbocycles. The predicted octanol–water partition coefficient (Wildman–Crippen LogP) is 3.79. The summed E-state index contributed by atoms with van der Waals surface area (Å²) in [6.45, 7) is 3.87. The van der Waals surface area contributed by atoms with Crippen LogP contribution in [-0.2, 0) is 6.54 Å². The maximum Gasteiger partial charge on any atom is 0.146 e. The van der Waals surface area contributed by atoms with Gasteiger partial charge in [-0.3, -0.25) is 0 Å². The van der Waals surface area contributed by atoms with Crippen LogP contribution in [0.3, 0.4) is 0 Å². The van der Waals surface area contributed by atoms with E-state index in [1.165, 1.54) is 17.2 Å². The SMILES string of the molecule is CNCC(C)c1ccc(CN(C)c2ccccc2F)cc1. The van der Waals surface area contributed by atoms with E-state index in [0.717, 1.165) is 6.54 Å². The maximum atomic E-state index is 13.7. The highest BCUT2D eigenvalue weighted by Crippen LogP contribution is 2.20. The van der Waals surface area contributed by atoms with Crippen molar-refractivity contribution in [3.8, 4) is 0 Å². The Morgan fingerprint density at radius 1 is 1.10 bits per heavy atom. The summed E-state index contributed by atoms with van der Waals surface area (Å²) < 4.78 is 13.7. The van der Waals surface area contributed by atoms with E-state index in [2.05, 4.69) is 36.5 Å². The highest BCUT2D eigenvalue weighted by molar-refractivity contribution is 5.47. The molecule has 112 valence electrons. The van der Waals surface area contributed by atoms with Crippen LogP contribution in [0.4, 0.5) is 10.1 Å². The molecule has 0 saturated carbocycles. The van der Waals surface area contributed by atoms with Crippen LogP contribution in [0.25, 0.3) is 0 Å². The maximum absolute atomic E-state index is 13.7. The van der Waals surface area contributed by atoms with Crippen LogP contribution in [0.15, 0.2) is 48.5 Å². The summed E-state index contributed by atoms with van der Waals surface area (Å²) in [5, 5.41) is 3.19. The first-order valence-electron chi connectivity index (χ1n) is 7.31. The van der Waals surface area contributed by atoms with Crippen LogP contribution in [-0.4, -0.2) is 20.6 Å². The summed E-state index contributed by atoms with van der Waals surface area (Å²) in [5.74, 6) is 0.313. The van der Waals surface area contributed by atoms with Crippen LogP contribution in [0, 0.1) is 5.82 Å². The third-order valence-electron chi connectivity index (χ3n) is 3.74. The number of hydrogen-bond donors (Lipinski definition) is 1. The van der Waals surface area contributed by atoms with E-state index < -0.39 is 0 Å². The number of nitrogens with one attached hydrogen (secondary N) is 1. The molecule has 2 aromatic carbocycles. The van der Waals surface area contributed by atoms with Gasteiger partial charge in [0.25, 0.3) is 0 Å². The van der Waals surface area contributed by atoms with Gasteiger partial charge < -0.3 is 10.2 Å². The van der Waals surface area contributed by atoms with Gasteiger partial charge in [-0.05, 0) is 36.2 Å². The fourth-order valence-corrected chi connectivity index (χ4v) is 2.50. The number of likely N-dealkylation sites (N-methyl/N-ethyl adjacent to an activating group) is 1. The Kier molecular flexibility index (Phi) is 5.34. The van der Waals surface area contributed by atoms with E-state index in [1.807, 2.05) is 25.1 Å². The summed E-state index contributed by atoms with van der Waals surface area (Å²) in [6, 6.07) is 15.4. The lowest BCUT2D eigenvalue weighted by molar-refractivity contribution is 0.622. The molecule has 1 atom stereocenters. The number of rotatable bonds is 6. The summed E-state index contributed by atoms with van der Waals surface area (Å²) in [7, 11) is 3.88. The first-order valence-corrected chi connectivity index (χ1v) is 7.31. The number of para-hydroxylation sites is 1. The van der Waals surface area contributed by atoms with Crippen LogP contribution < -0.4 is 10.2 Å². The molecule has 0 spiro atoms. The lowest BCUT2D eigenvalue weighted by Gasteiger charge is -2.20. The number of halogens is 1. The zero-order valence-corrected chi connectivity index (χ0v) is 12.9. The molecule has 0 radical (unpaired) electrons. The molecule has 3 heteroatoms. The fraction of sp³-hybridized carbons (Fsp3) is 0.333. The molecule has 0 bridgehead atoms. The van der Waals surface area contributed by atoms with Gasteiger partial charge in [0.05, 0.1) is 5.69 Å². The molecule has 2 aromatic rings. The monoisotopic (exact) mass is 286 g/mol. The first-order chi connectivity index (χ1) is 10.1. The van der Waals surface area contributed by atoms with Crippen molar-refractivity contribution in [3.63, 3.8) is 0 Å². The average molecular weight is 286 g/mol. The smallest absolute Gasteiger partial charge is 0.146 e. The molecular weight excluding hydrogens is 263 g/mol. The molecule has 1 N–H and O–H groups in total. The van der Waals surface area contributed by atoms with Gasteiger partial charge in [-0.25, -0.2) is 4.39 Å². The third kappa shape index (κ3) is 4.05. The van der Waals surface area contributed by atoms with Gasteiger partial charge in [-0.1, -0.05) is 43.3 Å². The summed E-state index contributed by atoms with van der Waals surface area (Å²) in [6.07, 6.45) is 0. The standard InChI is InChI=1S/C18H23FN2/c1-14(12-20-2)16-10-8-15(9-11-16)13-21(3)18-7-5-4-6-17(18)19/h4-11,14,20H,12-13H2,1-3H3. The molecule has 0 aliphatic heterocycles. The van der Waals surface area contributed by atoms with Crippen molar-refractivity contribution < 1.29 is 4.39 Å². The van der Waals surface area contributed by atoms with Crippen molar-refractivity contribution in [1.82, 2.24) is 5.32 Å². The number of nitrogens with zero attached hydrogens (tertiary/aromatic N) is 1. The van der Waals surface area contributed by atoms with Crippen LogP contribution in [0.2, 0.25) is 0 Å². The van der Waals surface area contributed by atoms with Gasteiger partial charge in [0.15, 0.2) is 0 Å². The fourth-order valence-electron chi connectivity index (χ4n) is 2.50. The molecule has 2 rings (SSSR count).